The first-order valence-corrected chi connectivity index (χ1v) is 6.62. The molecule has 0 bridgehead atoms. The van der Waals surface area contributed by atoms with Crippen LogP contribution in [0.4, 0.5) is 0 Å². The van der Waals surface area contributed by atoms with Gasteiger partial charge in [-0.1, -0.05) is 0 Å². The smallest absolute Gasteiger partial charge is 0.187 e. The van der Waals surface area contributed by atoms with Gasteiger partial charge in [0.05, 0.1) is 12.3 Å². The van der Waals surface area contributed by atoms with Crippen molar-refractivity contribution in [3.8, 4) is 5.75 Å². The summed E-state index contributed by atoms with van der Waals surface area (Å²) in [5.41, 5.74) is 3.62. The fourth-order valence-corrected chi connectivity index (χ4v) is 1.91. The minimum Gasteiger partial charge on any atom is -0.508 e. The molecule has 1 aromatic carbocycles. The highest BCUT2D eigenvalue weighted by Gasteiger charge is 2.14. The molecule has 1 saturated heterocycles. The van der Waals surface area contributed by atoms with Crippen LogP contribution in [0.5, 0.6) is 5.75 Å². The fourth-order valence-electron chi connectivity index (χ4n) is 1.78. The molecule has 6 heteroatoms. The second kappa shape index (κ2) is 7.06. The van der Waals surface area contributed by atoms with Gasteiger partial charge >= 0.3 is 0 Å². The van der Waals surface area contributed by atoms with Crippen molar-refractivity contribution in [1.82, 2.24) is 10.7 Å². The van der Waals surface area contributed by atoms with Gasteiger partial charge in [0.25, 0.3) is 0 Å². The Balaban J connectivity index is 1.69. The Bertz CT molecular complexity index is 442. The number of phenolic OH excluding ortho intramolecular Hbond substituents is 1. The quantitative estimate of drug-likeness (QED) is 0.441. The van der Waals surface area contributed by atoms with Crippen molar-refractivity contribution < 1.29 is 9.84 Å². The van der Waals surface area contributed by atoms with E-state index in [9.17, 15) is 0 Å². The third-order valence-corrected chi connectivity index (χ3v) is 3.02. The molecule has 2 rings (SSSR count). The highest BCUT2D eigenvalue weighted by Crippen LogP contribution is 2.10. The summed E-state index contributed by atoms with van der Waals surface area (Å²) < 4.78 is 5.48. The van der Waals surface area contributed by atoms with Crippen LogP contribution < -0.4 is 10.7 Å². The average molecular weight is 279 g/mol. The topological polar surface area (TPSA) is 65.9 Å². The zero-order chi connectivity index (χ0) is 13.5. The van der Waals surface area contributed by atoms with E-state index in [1.54, 1.807) is 30.5 Å². The maximum atomic E-state index is 9.14. The van der Waals surface area contributed by atoms with Crippen LogP contribution in [0.2, 0.25) is 0 Å². The van der Waals surface area contributed by atoms with E-state index in [0.717, 1.165) is 25.0 Å². The Kier molecular flexibility index (Phi) is 5.11. The number of nitrogens with one attached hydrogen (secondary N) is 2. The van der Waals surface area contributed by atoms with Crippen LogP contribution in [-0.2, 0) is 4.74 Å². The van der Waals surface area contributed by atoms with Crippen molar-refractivity contribution >= 4 is 23.5 Å². The van der Waals surface area contributed by atoms with Crippen molar-refractivity contribution in [2.75, 3.05) is 13.2 Å². The summed E-state index contributed by atoms with van der Waals surface area (Å²) in [6, 6.07) is 6.75. The molecule has 5 nitrogen and oxygen atoms in total. The molecule has 0 amide bonds. The number of benzene rings is 1. The Morgan fingerprint density at radius 2 is 2.26 bits per heavy atom. The van der Waals surface area contributed by atoms with Gasteiger partial charge in [-0.3, -0.25) is 5.43 Å². The fraction of sp³-hybridized carbons (Fsp3) is 0.385. The normalized spacial score (nSPS) is 18.6. The molecule has 0 aromatic heterocycles. The van der Waals surface area contributed by atoms with Crippen molar-refractivity contribution in [3.63, 3.8) is 0 Å². The molecule has 1 atom stereocenters. The van der Waals surface area contributed by atoms with E-state index in [1.807, 2.05) is 0 Å². The molecular formula is C13H17N3O2S. The first kappa shape index (κ1) is 13.8. The lowest BCUT2D eigenvalue weighted by molar-refractivity contribution is 0.114. The summed E-state index contributed by atoms with van der Waals surface area (Å²) in [4.78, 5) is 0. The molecule has 0 spiro atoms. The molecule has 0 radical (unpaired) electrons. The maximum absolute atomic E-state index is 9.14. The number of nitrogens with zero attached hydrogens (tertiary/aromatic N) is 1. The molecule has 1 heterocycles. The van der Waals surface area contributed by atoms with Crippen molar-refractivity contribution in [2.24, 2.45) is 5.10 Å². The van der Waals surface area contributed by atoms with Crippen molar-refractivity contribution in [2.45, 2.75) is 18.9 Å². The van der Waals surface area contributed by atoms with Gasteiger partial charge in [-0.25, -0.2) is 0 Å². The van der Waals surface area contributed by atoms with E-state index < -0.39 is 0 Å². The van der Waals surface area contributed by atoms with Gasteiger partial charge in [-0.05, 0) is 54.9 Å². The first-order valence-electron chi connectivity index (χ1n) is 6.21. The summed E-state index contributed by atoms with van der Waals surface area (Å²) in [7, 11) is 0. The monoisotopic (exact) mass is 279 g/mol. The SMILES string of the molecule is Oc1ccc(C=NNC(=S)NCC2CCCO2)cc1. The van der Waals surface area contributed by atoms with E-state index in [4.69, 9.17) is 22.1 Å². The third-order valence-electron chi connectivity index (χ3n) is 2.79. The molecule has 3 N–H and O–H groups in total. The van der Waals surface area contributed by atoms with Crippen LogP contribution in [0, 0.1) is 0 Å². The summed E-state index contributed by atoms with van der Waals surface area (Å²) >= 11 is 5.09. The van der Waals surface area contributed by atoms with Crippen molar-refractivity contribution in [3.05, 3.63) is 29.8 Å². The van der Waals surface area contributed by atoms with Gasteiger partial charge in [-0.15, -0.1) is 0 Å². The lowest BCUT2D eigenvalue weighted by Crippen LogP contribution is -2.37. The van der Waals surface area contributed by atoms with E-state index in [-0.39, 0.29) is 11.9 Å². The van der Waals surface area contributed by atoms with Gasteiger partial charge in [0, 0.05) is 13.2 Å². The number of hydrogen-bond acceptors (Lipinski definition) is 4. The minimum atomic E-state index is 0.235. The molecule has 1 aliphatic heterocycles. The lowest BCUT2D eigenvalue weighted by Gasteiger charge is -2.11. The number of hydrogen-bond donors (Lipinski definition) is 3. The molecule has 1 aliphatic rings. The zero-order valence-electron chi connectivity index (χ0n) is 10.5. The highest BCUT2D eigenvalue weighted by molar-refractivity contribution is 7.80. The van der Waals surface area contributed by atoms with E-state index in [2.05, 4.69) is 15.8 Å². The Hall–Kier alpha value is -1.66. The van der Waals surface area contributed by atoms with Gasteiger partial charge < -0.3 is 15.2 Å². The molecular weight excluding hydrogens is 262 g/mol. The first-order chi connectivity index (χ1) is 9.24. The third kappa shape index (κ3) is 4.84. The predicted octanol–water partition coefficient (Wildman–Crippen LogP) is 1.37. The van der Waals surface area contributed by atoms with Gasteiger partial charge in [0.15, 0.2) is 5.11 Å². The molecule has 19 heavy (non-hydrogen) atoms. The Labute approximate surface area is 117 Å². The number of hydrazone groups is 1. The van der Waals surface area contributed by atoms with E-state index >= 15 is 0 Å². The average Bonchev–Trinajstić information content (AvgIpc) is 2.92. The molecule has 1 unspecified atom stereocenters. The number of rotatable bonds is 4. The van der Waals surface area contributed by atoms with Crippen LogP contribution in [0.15, 0.2) is 29.4 Å². The van der Waals surface area contributed by atoms with E-state index in [1.165, 1.54) is 0 Å². The van der Waals surface area contributed by atoms with Crippen molar-refractivity contribution in [1.29, 1.82) is 0 Å². The van der Waals surface area contributed by atoms with Gasteiger partial charge in [-0.2, -0.15) is 5.10 Å². The van der Waals surface area contributed by atoms with Crippen LogP contribution in [0.3, 0.4) is 0 Å². The van der Waals surface area contributed by atoms with Crippen LogP contribution >= 0.6 is 12.2 Å². The Morgan fingerprint density at radius 1 is 1.47 bits per heavy atom. The summed E-state index contributed by atoms with van der Waals surface area (Å²) in [5, 5.41) is 16.7. The van der Waals surface area contributed by atoms with Crippen LogP contribution in [0.25, 0.3) is 0 Å². The molecule has 0 aliphatic carbocycles. The molecule has 1 aromatic rings. The summed E-state index contributed by atoms with van der Waals surface area (Å²) in [5.74, 6) is 0.235. The number of ether oxygens (including phenoxy) is 1. The van der Waals surface area contributed by atoms with Gasteiger partial charge in [0.2, 0.25) is 0 Å². The summed E-state index contributed by atoms with van der Waals surface area (Å²) in [6.45, 7) is 1.55. The highest BCUT2D eigenvalue weighted by atomic mass is 32.1. The van der Waals surface area contributed by atoms with E-state index in [0.29, 0.717) is 11.7 Å². The lowest BCUT2D eigenvalue weighted by atomic mass is 10.2. The summed E-state index contributed by atoms with van der Waals surface area (Å²) in [6.07, 6.45) is 4.08. The Morgan fingerprint density at radius 3 is 2.95 bits per heavy atom. The molecule has 1 fully saturated rings. The number of aromatic hydroxyl groups is 1. The predicted molar refractivity (Wildman–Crippen MR) is 78.4 cm³/mol. The largest absolute Gasteiger partial charge is 0.508 e. The van der Waals surface area contributed by atoms with Crippen LogP contribution in [0.1, 0.15) is 18.4 Å². The zero-order valence-corrected chi connectivity index (χ0v) is 11.3. The molecule has 102 valence electrons. The minimum absolute atomic E-state index is 0.235. The van der Waals surface area contributed by atoms with Crippen LogP contribution in [-0.4, -0.2) is 35.7 Å². The second-order valence-electron chi connectivity index (χ2n) is 4.31. The molecule has 0 saturated carbocycles. The standard InChI is InChI=1S/C13H17N3O2S/c17-11-5-3-10(4-6-11)8-15-16-13(19)14-9-12-2-1-7-18-12/h3-6,8,12,17H,1-2,7,9H2,(H2,14,16,19). The maximum Gasteiger partial charge on any atom is 0.187 e. The number of thiocarbonyl (C=S) groups is 1. The van der Waals surface area contributed by atoms with Gasteiger partial charge in [0.1, 0.15) is 5.75 Å². The second-order valence-corrected chi connectivity index (χ2v) is 4.71. The number of phenols is 1.